The van der Waals surface area contributed by atoms with Crippen LogP contribution in [0.4, 0.5) is 5.82 Å². The second kappa shape index (κ2) is 23.9. The number of piperidine rings is 2. The molecule has 2 saturated heterocycles. The molecular weight excluding hydrogens is 911 g/mol. The molecule has 3 aromatic carbocycles. The number of thioether (sulfide) groups is 1. The zero-order chi connectivity index (χ0) is 48.1. The van der Waals surface area contributed by atoms with Crippen LogP contribution in [-0.4, -0.2) is 153 Å². The van der Waals surface area contributed by atoms with E-state index in [2.05, 4.69) is 10.6 Å². The fraction of sp³-hybridized carbons (Fsp3) is 0.449. The van der Waals surface area contributed by atoms with Crippen LogP contribution < -0.4 is 21.1 Å². The second-order valence-electron chi connectivity index (χ2n) is 16.8. The number of nitrogens with two attached hydrogens (primary N) is 1. The van der Waals surface area contributed by atoms with Gasteiger partial charge in [0.05, 0.1) is 76.6 Å². The molecule has 5 heterocycles. The zero-order valence-corrected chi connectivity index (χ0v) is 39.1. The minimum absolute atomic E-state index is 0.0212. The molecule has 2 atom stereocenters. The number of aromatic nitrogens is 2. The van der Waals surface area contributed by atoms with Gasteiger partial charge in [0, 0.05) is 42.3 Å². The Morgan fingerprint density at radius 3 is 2.04 bits per heavy atom. The molecule has 0 aliphatic carbocycles. The number of rotatable bonds is 24. The fourth-order valence-corrected chi connectivity index (χ4v) is 9.90. The third-order valence-corrected chi connectivity index (χ3v) is 13.4. The van der Waals surface area contributed by atoms with Crippen LogP contribution in [0.5, 0.6) is 11.5 Å². The van der Waals surface area contributed by atoms with Gasteiger partial charge >= 0.3 is 0 Å². The summed E-state index contributed by atoms with van der Waals surface area (Å²) in [7, 11) is 0. The normalized spacial score (nSPS) is 18.2. The number of imide groups is 2. The van der Waals surface area contributed by atoms with Gasteiger partial charge in [0.1, 0.15) is 41.2 Å². The summed E-state index contributed by atoms with van der Waals surface area (Å²) < 4.78 is 35.9. The topological polar surface area (TPSA) is 232 Å². The highest BCUT2D eigenvalue weighted by atomic mass is 32.2. The Morgan fingerprint density at radius 2 is 1.38 bits per heavy atom. The maximum atomic E-state index is 13.3. The first-order valence-corrected chi connectivity index (χ1v) is 24.3. The van der Waals surface area contributed by atoms with E-state index in [9.17, 15) is 28.8 Å². The Morgan fingerprint density at radius 1 is 0.725 bits per heavy atom. The molecule has 69 heavy (non-hydrogen) atoms. The summed E-state index contributed by atoms with van der Waals surface area (Å²) in [4.78, 5) is 79.5. The summed E-state index contributed by atoms with van der Waals surface area (Å²) in [5.74, 6) is 0.101. The molecule has 0 radical (unpaired) electrons. The van der Waals surface area contributed by atoms with E-state index in [0.29, 0.717) is 106 Å². The lowest BCUT2D eigenvalue weighted by Gasteiger charge is -2.38. The molecule has 0 bridgehead atoms. The number of carbonyl (C=O) groups excluding carboxylic acids is 6. The summed E-state index contributed by atoms with van der Waals surface area (Å²) in [5, 5.41) is 10.5. The minimum atomic E-state index is -1.01. The average Bonchev–Trinajstić information content (AvgIpc) is 3.88. The standard InChI is InChI=1S/C49H57N7O12S/c50-45(59)43-44(33-9-11-35(12-10-33)68-34-5-2-1-3-6-34)53-56-37(15-18-51-46(43)56)32-16-19-54(20-17-32)41(58)31-67-28-27-65-24-23-63-21-22-64-25-26-66-29-30-69-39-8-4-7-36-42(39)49(62)55(48(36)61)38-13-14-40(57)52-47(38)60/h1-12,32,37-38,51H,13-31H2,(H2,50,59)(H,52,57,60). The molecule has 0 spiro atoms. The van der Waals surface area contributed by atoms with E-state index in [1.807, 2.05) is 64.2 Å². The smallest absolute Gasteiger partial charge is 0.263 e. The number of carbonyl (C=O) groups is 6. The van der Waals surface area contributed by atoms with Crippen molar-refractivity contribution < 1.29 is 57.2 Å². The van der Waals surface area contributed by atoms with Crippen LogP contribution in [-0.2, 0) is 38.1 Å². The minimum Gasteiger partial charge on any atom is -0.457 e. The van der Waals surface area contributed by atoms with Gasteiger partial charge in [-0.25, -0.2) is 4.68 Å². The molecule has 2 fully saturated rings. The maximum Gasteiger partial charge on any atom is 0.263 e. The molecule has 4 aromatic rings. The summed E-state index contributed by atoms with van der Waals surface area (Å²) in [6.07, 6.45) is 2.61. The third kappa shape index (κ3) is 12.2. The van der Waals surface area contributed by atoms with E-state index in [0.717, 1.165) is 35.5 Å². The fourth-order valence-electron chi connectivity index (χ4n) is 8.96. The van der Waals surface area contributed by atoms with Crippen molar-refractivity contribution in [2.75, 3.05) is 96.8 Å². The van der Waals surface area contributed by atoms with Crippen molar-refractivity contribution in [3.63, 3.8) is 0 Å². The third-order valence-electron chi connectivity index (χ3n) is 12.4. The number of ether oxygens (including phenoxy) is 6. The van der Waals surface area contributed by atoms with Crippen LogP contribution in [0.1, 0.15) is 69.2 Å². The lowest BCUT2D eigenvalue weighted by atomic mass is 9.87. The Hall–Kier alpha value is -6.16. The van der Waals surface area contributed by atoms with Gasteiger partial charge in [0.25, 0.3) is 17.7 Å². The van der Waals surface area contributed by atoms with Crippen molar-refractivity contribution in [3.8, 4) is 22.8 Å². The van der Waals surface area contributed by atoms with Crippen LogP contribution in [0.25, 0.3) is 11.3 Å². The van der Waals surface area contributed by atoms with Gasteiger partial charge in [0.2, 0.25) is 17.7 Å². The molecule has 2 unspecified atom stereocenters. The number of likely N-dealkylation sites (tertiary alicyclic amines) is 1. The zero-order valence-electron chi connectivity index (χ0n) is 38.3. The lowest BCUT2D eigenvalue weighted by molar-refractivity contribution is -0.138. The molecule has 19 nitrogen and oxygen atoms in total. The van der Waals surface area contributed by atoms with E-state index in [1.54, 1.807) is 18.2 Å². The highest BCUT2D eigenvalue weighted by molar-refractivity contribution is 7.99. The molecular formula is C49H57N7O12S. The number of anilines is 1. The first-order valence-electron chi connectivity index (χ1n) is 23.3. The molecule has 6 amide bonds. The predicted octanol–water partition coefficient (Wildman–Crippen LogP) is 4.31. The summed E-state index contributed by atoms with van der Waals surface area (Å²) in [6.45, 7) is 5.16. The molecule has 4 aliphatic rings. The molecule has 366 valence electrons. The highest BCUT2D eigenvalue weighted by Crippen LogP contribution is 2.40. The maximum absolute atomic E-state index is 13.3. The quantitative estimate of drug-likeness (QED) is 0.0505. The van der Waals surface area contributed by atoms with Crippen molar-refractivity contribution in [1.82, 2.24) is 24.9 Å². The van der Waals surface area contributed by atoms with Gasteiger partial charge in [-0.05, 0) is 80.1 Å². The lowest BCUT2D eigenvalue weighted by Crippen LogP contribution is -2.54. The van der Waals surface area contributed by atoms with E-state index >= 15 is 0 Å². The van der Waals surface area contributed by atoms with E-state index in [4.69, 9.17) is 39.3 Å². The number of para-hydroxylation sites is 1. The molecule has 8 rings (SSSR count). The van der Waals surface area contributed by atoms with Crippen molar-refractivity contribution in [1.29, 1.82) is 0 Å². The van der Waals surface area contributed by atoms with E-state index in [-0.39, 0.29) is 55.0 Å². The number of primary amides is 1. The number of hydrogen-bond acceptors (Lipinski definition) is 15. The Balaban J connectivity index is 0.644. The van der Waals surface area contributed by atoms with Gasteiger partial charge in [0.15, 0.2) is 0 Å². The van der Waals surface area contributed by atoms with Crippen molar-refractivity contribution in [3.05, 3.63) is 89.5 Å². The first kappa shape index (κ1) is 49.3. The SMILES string of the molecule is NC(=O)c1c(-c2ccc(Oc3ccccc3)cc2)nn2c1NCCC2C1CCN(C(=O)COCCOCCOCCOCCOCCSc2cccc3c2C(=O)N(C2CCC(=O)NC2=O)C3=O)CC1. The summed E-state index contributed by atoms with van der Waals surface area (Å²) in [5.41, 5.74) is 8.11. The number of fused-ring (bicyclic) bond motifs is 2. The monoisotopic (exact) mass is 967 g/mol. The highest BCUT2D eigenvalue weighted by Gasteiger charge is 2.45. The number of benzene rings is 3. The molecule has 0 saturated carbocycles. The van der Waals surface area contributed by atoms with Gasteiger partial charge < -0.3 is 44.4 Å². The van der Waals surface area contributed by atoms with E-state index in [1.165, 1.54) is 11.8 Å². The first-order chi connectivity index (χ1) is 33.7. The molecule has 1 aromatic heterocycles. The van der Waals surface area contributed by atoms with Crippen molar-refractivity contribution >= 4 is 53.0 Å². The second-order valence-corrected chi connectivity index (χ2v) is 17.9. The molecule has 20 heteroatoms. The van der Waals surface area contributed by atoms with Crippen molar-refractivity contribution in [2.24, 2.45) is 11.7 Å². The van der Waals surface area contributed by atoms with Gasteiger partial charge in [-0.3, -0.25) is 39.0 Å². The van der Waals surface area contributed by atoms with E-state index < -0.39 is 35.6 Å². The van der Waals surface area contributed by atoms with Crippen molar-refractivity contribution in [2.45, 2.75) is 49.1 Å². The van der Waals surface area contributed by atoms with Gasteiger partial charge in [-0.15, -0.1) is 11.8 Å². The van der Waals surface area contributed by atoms with Crippen LogP contribution in [0, 0.1) is 5.92 Å². The summed E-state index contributed by atoms with van der Waals surface area (Å²) >= 11 is 1.39. The van der Waals surface area contributed by atoms with Crippen LogP contribution >= 0.6 is 11.8 Å². The van der Waals surface area contributed by atoms with Crippen LogP contribution in [0.2, 0.25) is 0 Å². The number of nitrogens with zero attached hydrogens (tertiary/aromatic N) is 4. The molecule has 4 N–H and O–H groups in total. The van der Waals surface area contributed by atoms with Gasteiger partial charge in [-0.1, -0.05) is 24.3 Å². The predicted molar refractivity (Wildman–Crippen MR) is 252 cm³/mol. The van der Waals surface area contributed by atoms with Crippen LogP contribution in [0.3, 0.4) is 0 Å². The number of nitrogens with one attached hydrogen (secondary N) is 2. The van der Waals surface area contributed by atoms with Gasteiger partial charge in [-0.2, -0.15) is 5.10 Å². The Labute approximate surface area is 403 Å². The Bertz CT molecular complexity index is 2460. The number of amides is 6. The number of hydrogen-bond donors (Lipinski definition) is 3. The summed E-state index contributed by atoms with van der Waals surface area (Å²) in [6, 6.07) is 21.1. The van der Waals surface area contributed by atoms with Crippen LogP contribution in [0.15, 0.2) is 77.7 Å². The average molecular weight is 968 g/mol. The molecule has 4 aliphatic heterocycles. The Kier molecular flexibility index (Phi) is 17.1. The largest absolute Gasteiger partial charge is 0.457 e.